The summed E-state index contributed by atoms with van der Waals surface area (Å²) in [5, 5.41) is 0. The second-order valence-corrected chi connectivity index (χ2v) is 5.50. The fourth-order valence-corrected chi connectivity index (χ4v) is 2.35. The van der Waals surface area contributed by atoms with Crippen LogP contribution in [0, 0.1) is 3.57 Å². The van der Waals surface area contributed by atoms with Gasteiger partial charge in [0.2, 0.25) is 0 Å². The van der Waals surface area contributed by atoms with E-state index in [0.717, 1.165) is 18.9 Å². The SMILES string of the molecule is CN(C(=O)c1ccc(I)c(C(F)(F)F)c1)C1CC1. The summed E-state index contributed by atoms with van der Waals surface area (Å²) in [5.41, 5.74) is -0.657. The van der Waals surface area contributed by atoms with E-state index in [1.54, 1.807) is 29.6 Å². The first-order valence-electron chi connectivity index (χ1n) is 5.44. The van der Waals surface area contributed by atoms with Gasteiger partial charge in [0.25, 0.3) is 5.91 Å². The third-order valence-electron chi connectivity index (χ3n) is 2.93. The summed E-state index contributed by atoms with van der Waals surface area (Å²) in [4.78, 5) is 13.5. The van der Waals surface area contributed by atoms with Crippen molar-refractivity contribution in [1.82, 2.24) is 4.90 Å². The molecule has 0 heterocycles. The van der Waals surface area contributed by atoms with E-state index in [1.165, 1.54) is 17.0 Å². The molecule has 0 bridgehead atoms. The summed E-state index contributed by atoms with van der Waals surface area (Å²) in [7, 11) is 1.63. The second-order valence-electron chi connectivity index (χ2n) is 4.34. The first-order valence-corrected chi connectivity index (χ1v) is 6.52. The molecular weight excluding hydrogens is 358 g/mol. The standard InChI is InChI=1S/C12H11F3INO/c1-17(8-3-4-8)11(18)7-2-5-10(16)9(6-7)12(13,14)15/h2,5-6,8H,3-4H2,1H3. The van der Waals surface area contributed by atoms with Crippen molar-refractivity contribution in [3.63, 3.8) is 0 Å². The summed E-state index contributed by atoms with van der Waals surface area (Å²) in [5.74, 6) is -0.348. The number of benzene rings is 1. The lowest BCUT2D eigenvalue weighted by Gasteiger charge is -2.17. The molecule has 2 rings (SSSR count). The number of hydrogen-bond donors (Lipinski definition) is 0. The van der Waals surface area contributed by atoms with Crippen LogP contribution in [0.4, 0.5) is 13.2 Å². The Kier molecular flexibility index (Phi) is 3.57. The van der Waals surface area contributed by atoms with Crippen LogP contribution >= 0.6 is 22.6 Å². The molecular formula is C12H11F3INO. The summed E-state index contributed by atoms with van der Waals surface area (Å²) < 4.78 is 38.3. The first kappa shape index (κ1) is 13.6. The molecule has 1 fully saturated rings. The molecule has 1 amide bonds. The molecule has 0 N–H and O–H groups in total. The topological polar surface area (TPSA) is 20.3 Å². The maximum atomic E-state index is 12.7. The van der Waals surface area contributed by atoms with Gasteiger partial charge in [0.05, 0.1) is 5.56 Å². The largest absolute Gasteiger partial charge is 0.417 e. The number of halogens is 4. The van der Waals surface area contributed by atoms with Gasteiger partial charge in [0.1, 0.15) is 0 Å². The van der Waals surface area contributed by atoms with Crippen molar-refractivity contribution >= 4 is 28.5 Å². The van der Waals surface area contributed by atoms with Gasteiger partial charge in [0, 0.05) is 22.2 Å². The van der Waals surface area contributed by atoms with Crippen LogP contribution in [0.2, 0.25) is 0 Å². The van der Waals surface area contributed by atoms with Crippen molar-refractivity contribution in [2.75, 3.05) is 7.05 Å². The zero-order chi connectivity index (χ0) is 13.5. The molecule has 0 aromatic heterocycles. The molecule has 6 heteroatoms. The molecule has 1 saturated carbocycles. The Hall–Kier alpha value is -0.790. The molecule has 0 unspecified atom stereocenters. The number of alkyl halides is 3. The molecule has 0 saturated heterocycles. The first-order chi connectivity index (χ1) is 8.30. The third-order valence-corrected chi connectivity index (χ3v) is 3.87. The summed E-state index contributed by atoms with van der Waals surface area (Å²) in [6.45, 7) is 0. The number of rotatable bonds is 2. The summed E-state index contributed by atoms with van der Waals surface area (Å²) >= 11 is 1.62. The molecule has 2 nitrogen and oxygen atoms in total. The van der Waals surface area contributed by atoms with Crippen LogP contribution < -0.4 is 0 Å². The van der Waals surface area contributed by atoms with Crippen LogP contribution in [0.15, 0.2) is 18.2 Å². The van der Waals surface area contributed by atoms with Crippen molar-refractivity contribution < 1.29 is 18.0 Å². The molecule has 1 aromatic carbocycles. The highest BCUT2D eigenvalue weighted by molar-refractivity contribution is 14.1. The minimum Gasteiger partial charge on any atom is -0.339 e. The van der Waals surface area contributed by atoms with E-state index in [-0.39, 0.29) is 21.1 Å². The predicted molar refractivity (Wildman–Crippen MR) is 69.3 cm³/mol. The monoisotopic (exact) mass is 369 g/mol. The lowest BCUT2D eigenvalue weighted by Crippen LogP contribution is -2.29. The Morgan fingerprint density at radius 1 is 1.39 bits per heavy atom. The highest BCUT2D eigenvalue weighted by Crippen LogP contribution is 2.34. The average molecular weight is 369 g/mol. The molecule has 18 heavy (non-hydrogen) atoms. The molecule has 1 aliphatic rings. The minimum absolute atomic E-state index is 0.0946. The second kappa shape index (κ2) is 4.71. The van der Waals surface area contributed by atoms with E-state index >= 15 is 0 Å². The van der Waals surface area contributed by atoms with Crippen molar-refractivity contribution in [3.8, 4) is 0 Å². The van der Waals surface area contributed by atoms with Crippen LogP contribution in [-0.2, 0) is 6.18 Å². The third kappa shape index (κ3) is 2.78. The van der Waals surface area contributed by atoms with Crippen molar-refractivity contribution in [1.29, 1.82) is 0 Å². The fourth-order valence-electron chi connectivity index (χ4n) is 1.71. The average Bonchev–Trinajstić information content (AvgIpc) is 3.10. The number of carbonyl (C=O) groups excluding carboxylic acids is 1. The van der Waals surface area contributed by atoms with E-state index < -0.39 is 11.7 Å². The lowest BCUT2D eigenvalue weighted by atomic mass is 10.1. The summed E-state index contributed by atoms with van der Waals surface area (Å²) in [6, 6.07) is 3.89. The van der Waals surface area contributed by atoms with Gasteiger partial charge in [-0.05, 0) is 53.6 Å². The predicted octanol–water partition coefficient (Wildman–Crippen LogP) is 3.54. The Labute approximate surface area is 116 Å². The van der Waals surface area contributed by atoms with Crippen molar-refractivity contribution in [2.24, 2.45) is 0 Å². The van der Waals surface area contributed by atoms with E-state index in [1.807, 2.05) is 0 Å². The van der Waals surface area contributed by atoms with E-state index in [9.17, 15) is 18.0 Å². The van der Waals surface area contributed by atoms with Gasteiger partial charge in [0.15, 0.2) is 0 Å². The van der Waals surface area contributed by atoms with Crippen LogP contribution in [0.1, 0.15) is 28.8 Å². The van der Waals surface area contributed by atoms with Gasteiger partial charge >= 0.3 is 6.18 Å². The zero-order valence-electron chi connectivity index (χ0n) is 9.59. The van der Waals surface area contributed by atoms with Gasteiger partial charge in [-0.1, -0.05) is 0 Å². The number of hydrogen-bond acceptors (Lipinski definition) is 1. The van der Waals surface area contributed by atoms with E-state index in [4.69, 9.17) is 0 Å². The van der Waals surface area contributed by atoms with Gasteiger partial charge in [-0.15, -0.1) is 0 Å². The van der Waals surface area contributed by atoms with Gasteiger partial charge in [-0.3, -0.25) is 4.79 Å². The Balaban J connectivity index is 2.31. The van der Waals surface area contributed by atoms with Crippen molar-refractivity contribution in [2.45, 2.75) is 25.1 Å². The van der Waals surface area contributed by atoms with Crippen molar-refractivity contribution in [3.05, 3.63) is 32.9 Å². The molecule has 0 aliphatic heterocycles. The van der Waals surface area contributed by atoms with E-state index in [0.29, 0.717) is 0 Å². The maximum Gasteiger partial charge on any atom is 0.417 e. The van der Waals surface area contributed by atoms with Crippen LogP contribution in [0.3, 0.4) is 0 Å². The Morgan fingerprint density at radius 3 is 2.50 bits per heavy atom. The van der Waals surface area contributed by atoms with Gasteiger partial charge in [-0.2, -0.15) is 13.2 Å². The van der Waals surface area contributed by atoms with Gasteiger partial charge < -0.3 is 4.90 Å². The summed E-state index contributed by atoms with van der Waals surface area (Å²) in [6.07, 6.45) is -2.57. The highest BCUT2D eigenvalue weighted by Gasteiger charge is 2.35. The number of carbonyl (C=O) groups is 1. The normalized spacial score (nSPS) is 15.6. The van der Waals surface area contributed by atoms with Crippen LogP contribution in [0.25, 0.3) is 0 Å². The Morgan fingerprint density at radius 2 is 2.00 bits per heavy atom. The number of nitrogens with zero attached hydrogens (tertiary/aromatic N) is 1. The zero-order valence-corrected chi connectivity index (χ0v) is 11.7. The minimum atomic E-state index is -4.43. The molecule has 0 spiro atoms. The van der Waals surface area contributed by atoms with Crippen LogP contribution in [0.5, 0.6) is 0 Å². The quantitative estimate of drug-likeness (QED) is 0.731. The molecule has 1 aliphatic carbocycles. The van der Waals surface area contributed by atoms with Gasteiger partial charge in [-0.25, -0.2) is 0 Å². The Bertz CT molecular complexity index is 483. The fraction of sp³-hybridized carbons (Fsp3) is 0.417. The van der Waals surface area contributed by atoms with E-state index in [2.05, 4.69) is 0 Å². The molecule has 1 aromatic rings. The van der Waals surface area contributed by atoms with Crippen LogP contribution in [-0.4, -0.2) is 23.9 Å². The molecule has 0 radical (unpaired) electrons. The smallest absolute Gasteiger partial charge is 0.339 e. The molecule has 0 atom stereocenters. The molecule has 98 valence electrons. The number of amides is 1. The maximum absolute atomic E-state index is 12.7. The highest BCUT2D eigenvalue weighted by atomic mass is 127. The lowest BCUT2D eigenvalue weighted by molar-refractivity contribution is -0.138.